The molecular weight excluding hydrogens is 352 g/mol. The van der Waals surface area contributed by atoms with Crippen molar-refractivity contribution in [2.24, 2.45) is 5.92 Å². The molecule has 0 aromatic heterocycles. The second-order valence-corrected chi connectivity index (χ2v) is 4.94. The highest BCUT2D eigenvalue weighted by molar-refractivity contribution is 14.1. The molecule has 0 aliphatic carbocycles. The fourth-order valence-electron chi connectivity index (χ4n) is 1.39. The molecule has 0 aliphatic heterocycles. The summed E-state index contributed by atoms with van der Waals surface area (Å²) in [6.07, 6.45) is 0.441. The Morgan fingerprint density at radius 3 is 2.67 bits per heavy atom. The summed E-state index contributed by atoms with van der Waals surface area (Å²) in [6.45, 7) is 1.81. The van der Waals surface area contributed by atoms with Crippen molar-refractivity contribution in [3.8, 4) is 0 Å². The van der Waals surface area contributed by atoms with Gasteiger partial charge < -0.3 is 10.4 Å². The Bertz CT molecular complexity index is 465. The van der Waals surface area contributed by atoms with E-state index < -0.39 is 17.7 Å². The number of carbonyl (C=O) groups excluding carboxylic acids is 1. The molecule has 1 atom stereocenters. The number of aliphatic carboxylic acids is 1. The van der Waals surface area contributed by atoms with E-state index in [2.05, 4.69) is 5.32 Å². The zero-order valence-corrected chi connectivity index (χ0v) is 11.9. The predicted octanol–water partition coefficient (Wildman–Crippen LogP) is 2.27. The quantitative estimate of drug-likeness (QED) is 0.787. The van der Waals surface area contributed by atoms with E-state index in [9.17, 15) is 14.0 Å². The molecular formula is C12H13FINO3. The van der Waals surface area contributed by atoms with Crippen LogP contribution in [0.15, 0.2) is 18.2 Å². The molecule has 18 heavy (non-hydrogen) atoms. The average Bonchev–Trinajstić information content (AvgIpc) is 2.28. The van der Waals surface area contributed by atoms with Crippen LogP contribution in [0.3, 0.4) is 0 Å². The lowest BCUT2D eigenvalue weighted by Crippen LogP contribution is -2.33. The summed E-state index contributed by atoms with van der Waals surface area (Å²) in [5.74, 6) is -2.34. The average molecular weight is 365 g/mol. The smallest absolute Gasteiger partial charge is 0.308 e. The molecule has 98 valence electrons. The van der Waals surface area contributed by atoms with E-state index in [4.69, 9.17) is 5.11 Å². The molecule has 0 heterocycles. The van der Waals surface area contributed by atoms with Gasteiger partial charge in [0.25, 0.3) is 5.91 Å². The minimum Gasteiger partial charge on any atom is -0.481 e. The van der Waals surface area contributed by atoms with Gasteiger partial charge in [0, 0.05) is 10.1 Å². The first-order valence-corrected chi connectivity index (χ1v) is 6.49. The molecule has 0 radical (unpaired) electrons. The van der Waals surface area contributed by atoms with Crippen molar-refractivity contribution >= 4 is 34.5 Å². The fourth-order valence-corrected chi connectivity index (χ4v) is 2.11. The van der Waals surface area contributed by atoms with Crippen LogP contribution < -0.4 is 5.32 Å². The molecule has 1 aromatic rings. The second kappa shape index (κ2) is 6.67. The van der Waals surface area contributed by atoms with Gasteiger partial charge in [-0.15, -0.1) is 0 Å². The summed E-state index contributed by atoms with van der Waals surface area (Å²) in [5, 5.41) is 11.4. The summed E-state index contributed by atoms with van der Waals surface area (Å²) in [7, 11) is 0. The Hall–Kier alpha value is -1.18. The number of halogens is 2. The lowest BCUT2D eigenvalue weighted by Gasteiger charge is -2.11. The number of carboxylic acids is 1. The van der Waals surface area contributed by atoms with Crippen molar-refractivity contribution in [1.82, 2.24) is 5.32 Å². The maximum absolute atomic E-state index is 12.9. The van der Waals surface area contributed by atoms with E-state index in [0.717, 1.165) is 0 Å². The van der Waals surface area contributed by atoms with Crippen molar-refractivity contribution < 1.29 is 19.1 Å². The summed E-state index contributed by atoms with van der Waals surface area (Å²) in [6, 6.07) is 3.84. The Morgan fingerprint density at radius 1 is 1.50 bits per heavy atom. The molecule has 1 unspecified atom stereocenters. The first kappa shape index (κ1) is 14.9. The van der Waals surface area contributed by atoms with Gasteiger partial charge in [-0.05, 0) is 47.2 Å². The Kier molecular flexibility index (Phi) is 5.52. The highest BCUT2D eigenvalue weighted by atomic mass is 127. The number of benzene rings is 1. The van der Waals surface area contributed by atoms with Crippen LogP contribution in [-0.4, -0.2) is 23.5 Å². The largest absolute Gasteiger partial charge is 0.481 e. The third kappa shape index (κ3) is 3.94. The number of rotatable bonds is 5. The third-order valence-corrected chi connectivity index (χ3v) is 3.42. The molecule has 6 heteroatoms. The minimum absolute atomic E-state index is 0.0676. The lowest BCUT2D eigenvalue weighted by atomic mass is 10.1. The van der Waals surface area contributed by atoms with Crippen molar-refractivity contribution in [3.63, 3.8) is 0 Å². The summed E-state index contributed by atoms with van der Waals surface area (Å²) in [5.41, 5.74) is 0.345. The molecule has 4 nitrogen and oxygen atoms in total. The van der Waals surface area contributed by atoms with Gasteiger partial charge in [0.1, 0.15) is 5.82 Å². The van der Waals surface area contributed by atoms with Crippen LogP contribution in [0.4, 0.5) is 4.39 Å². The van der Waals surface area contributed by atoms with Crippen LogP contribution in [0.25, 0.3) is 0 Å². The van der Waals surface area contributed by atoms with E-state index >= 15 is 0 Å². The summed E-state index contributed by atoms with van der Waals surface area (Å²) in [4.78, 5) is 22.6. The highest BCUT2D eigenvalue weighted by Crippen LogP contribution is 2.14. The maximum Gasteiger partial charge on any atom is 0.308 e. The van der Waals surface area contributed by atoms with E-state index in [-0.39, 0.29) is 12.5 Å². The number of amides is 1. The number of nitrogens with one attached hydrogen (secondary N) is 1. The molecule has 0 saturated carbocycles. The molecule has 1 aromatic carbocycles. The molecule has 0 fully saturated rings. The van der Waals surface area contributed by atoms with Gasteiger partial charge in [-0.3, -0.25) is 9.59 Å². The normalized spacial score (nSPS) is 11.9. The topological polar surface area (TPSA) is 66.4 Å². The summed E-state index contributed by atoms with van der Waals surface area (Å²) >= 11 is 1.86. The Labute approximate surface area is 118 Å². The van der Waals surface area contributed by atoms with Crippen LogP contribution in [0.5, 0.6) is 0 Å². The van der Waals surface area contributed by atoms with Gasteiger partial charge in [-0.2, -0.15) is 0 Å². The molecule has 2 N–H and O–H groups in total. The van der Waals surface area contributed by atoms with E-state index in [1.165, 1.54) is 18.2 Å². The SMILES string of the molecule is CCC(CNC(=O)c1ccc(F)cc1I)C(=O)O. The lowest BCUT2D eigenvalue weighted by molar-refractivity contribution is -0.141. The van der Waals surface area contributed by atoms with Gasteiger partial charge in [-0.1, -0.05) is 6.92 Å². The third-order valence-electron chi connectivity index (χ3n) is 2.53. The standard InChI is InChI=1S/C12H13FINO3/c1-2-7(12(17)18)6-15-11(16)9-4-3-8(13)5-10(9)14/h3-5,7H,2,6H2,1H3,(H,15,16)(H,17,18). The minimum atomic E-state index is -0.938. The molecule has 1 rings (SSSR count). The number of hydrogen-bond donors (Lipinski definition) is 2. The van der Waals surface area contributed by atoms with Crippen LogP contribution in [0.2, 0.25) is 0 Å². The van der Waals surface area contributed by atoms with E-state index in [0.29, 0.717) is 15.6 Å². The van der Waals surface area contributed by atoms with Gasteiger partial charge in [0.2, 0.25) is 0 Å². The van der Waals surface area contributed by atoms with Crippen molar-refractivity contribution in [2.75, 3.05) is 6.54 Å². The monoisotopic (exact) mass is 365 g/mol. The molecule has 0 saturated heterocycles. The fraction of sp³-hybridized carbons (Fsp3) is 0.333. The van der Waals surface area contributed by atoms with Crippen LogP contribution in [0, 0.1) is 15.3 Å². The second-order valence-electron chi connectivity index (χ2n) is 3.78. The number of carbonyl (C=O) groups is 2. The highest BCUT2D eigenvalue weighted by Gasteiger charge is 2.17. The first-order valence-electron chi connectivity index (χ1n) is 5.41. The van der Waals surface area contributed by atoms with Crippen LogP contribution in [-0.2, 0) is 4.79 Å². The Morgan fingerprint density at radius 2 is 2.17 bits per heavy atom. The van der Waals surface area contributed by atoms with Crippen molar-refractivity contribution in [2.45, 2.75) is 13.3 Å². The maximum atomic E-state index is 12.9. The van der Waals surface area contributed by atoms with Crippen molar-refractivity contribution in [3.05, 3.63) is 33.1 Å². The van der Waals surface area contributed by atoms with Gasteiger partial charge >= 0.3 is 5.97 Å². The number of hydrogen-bond acceptors (Lipinski definition) is 2. The van der Waals surface area contributed by atoms with Crippen LogP contribution in [0.1, 0.15) is 23.7 Å². The van der Waals surface area contributed by atoms with Crippen molar-refractivity contribution in [1.29, 1.82) is 0 Å². The van der Waals surface area contributed by atoms with Gasteiger partial charge in [0.15, 0.2) is 0 Å². The van der Waals surface area contributed by atoms with Crippen LogP contribution >= 0.6 is 22.6 Å². The van der Waals surface area contributed by atoms with Gasteiger partial charge in [0.05, 0.1) is 11.5 Å². The zero-order chi connectivity index (χ0) is 13.7. The zero-order valence-electron chi connectivity index (χ0n) is 9.74. The molecule has 0 aliphatic rings. The molecule has 1 amide bonds. The van der Waals surface area contributed by atoms with E-state index in [1.54, 1.807) is 6.92 Å². The number of carboxylic acid groups (broad SMARTS) is 1. The molecule has 0 bridgehead atoms. The predicted molar refractivity (Wildman–Crippen MR) is 72.9 cm³/mol. The molecule has 0 spiro atoms. The Balaban J connectivity index is 2.68. The first-order chi connectivity index (χ1) is 8.45. The van der Waals surface area contributed by atoms with Gasteiger partial charge in [-0.25, -0.2) is 4.39 Å². The van der Waals surface area contributed by atoms with E-state index in [1.807, 2.05) is 22.6 Å². The summed E-state index contributed by atoms with van der Waals surface area (Å²) < 4.78 is 13.4.